The Morgan fingerprint density at radius 3 is 3.05 bits per heavy atom. The van der Waals surface area contributed by atoms with Crippen molar-refractivity contribution in [1.29, 1.82) is 5.26 Å². The number of nitrogens with zero attached hydrogens (tertiary/aromatic N) is 3. The predicted molar refractivity (Wildman–Crippen MR) is 72.8 cm³/mol. The highest BCUT2D eigenvalue weighted by atomic mass is 16.1. The minimum atomic E-state index is 0.144. The Balaban J connectivity index is 1.77. The smallest absolute Gasteiger partial charge is 0.250 e. The molecule has 2 aliphatic rings. The molecule has 3 heterocycles. The van der Waals surface area contributed by atoms with Crippen molar-refractivity contribution in [2.24, 2.45) is 5.92 Å². The summed E-state index contributed by atoms with van der Waals surface area (Å²) in [5.41, 5.74) is 1.35. The topological polar surface area (TPSA) is 49.0 Å². The maximum absolute atomic E-state index is 11.9. The number of aromatic nitrogens is 1. The largest absolute Gasteiger partial charge is 0.312 e. The molecule has 1 saturated heterocycles. The first-order chi connectivity index (χ1) is 9.28. The molecular formula is C15H19N3O. The van der Waals surface area contributed by atoms with Crippen LogP contribution in [0.15, 0.2) is 23.0 Å². The van der Waals surface area contributed by atoms with E-state index in [0.29, 0.717) is 18.3 Å². The van der Waals surface area contributed by atoms with E-state index >= 15 is 0 Å². The van der Waals surface area contributed by atoms with Gasteiger partial charge in [0.15, 0.2) is 0 Å². The van der Waals surface area contributed by atoms with Crippen molar-refractivity contribution in [2.45, 2.75) is 31.7 Å². The molecule has 2 bridgehead atoms. The number of unbranched alkanes of at least 4 members (excludes halogenated alkanes) is 1. The van der Waals surface area contributed by atoms with Crippen molar-refractivity contribution < 1.29 is 0 Å². The first-order valence-corrected chi connectivity index (χ1v) is 7.07. The van der Waals surface area contributed by atoms with Gasteiger partial charge >= 0.3 is 0 Å². The molecule has 4 heteroatoms. The maximum atomic E-state index is 11.9. The van der Waals surface area contributed by atoms with E-state index in [0.717, 1.165) is 32.6 Å². The average Bonchev–Trinajstić information content (AvgIpc) is 2.40. The normalized spacial score (nSPS) is 25.6. The van der Waals surface area contributed by atoms with Crippen LogP contribution in [0.25, 0.3) is 0 Å². The summed E-state index contributed by atoms with van der Waals surface area (Å²) in [5.74, 6) is 1.08. The van der Waals surface area contributed by atoms with Gasteiger partial charge in [0.05, 0.1) is 6.07 Å². The van der Waals surface area contributed by atoms with Crippen LogP contribution in [0.3, 0.4) is 0 Å². The van der Waals surface area contributed by atoms with Crippen molar-refractivity contribution in [2.75, 3.05) is 19.6 Å². The highest BCUT2D eigenvalue weighted by molar-refractivity contribution is 5.16. The summed E-state index contributed by atoms with van der Waals surface area (Å²) in [6.07, 6.45) is 2.80. The molecule has 0 unspecified atom stereocenters. The Morgan fingerprint density at radius 1 is 1.32 bits per heavy atom. The van der Waals surface area contributed by atoms with Crippen molar-refractivity contribution in [3.8, 4) is 6.07 Å². The molecule has 4 nitrogen and oxygen atoms in total. The standard InChI is InChI=1S/C15H19N3O/c16-6-1-2-7-17-9-12-8-13(11-17)14-4-3-5-15(19)18(14)10-12/h3-5,12-13H,1-2,7-11H2/t12-,13+/m0/s1. The Bertz CT molecular complexity index is 557. The summed E-state index contributed by atoms with van der Waals surface area (Å²) < 4.78 is 1.96. The zero-order valence-electron chi connectivity index (χ0n) is 11.1. The minimum Gasteiger partial charge on any atom is -0.312 e. The second-order valence-electron chi connectivity index (χ2n) is 5.72. The molecule has 1 aromatic rings. The molecule has 0 N–H and O–H groups in total. The van der Waals surface area contributed by atoms with Crippen LogP contribution >= 0.6 is 0 Å². The van der Waals surface area contributed by atoms with E-state index in [-0.39, 0.29) is 5.56 Å². The molecule has 100 valence electrons. The lowest BCUT2D eigenvalue weighted by molar-refractivity contribution is 0.119. The monoisotopic (exact) mass is 257 g/mol. The molecule has 0 spiro atoms. The molecule has 2 atom stereocenters. The molecule has 0 aliphatic carbocycles. The third-order valence-corrected chi connectivity index (χ3v) is 4.32. The molecule has 0 saturated carbocycles. The van der Waals surface area contributed by atoms with Gasteiger partial charge in [-0.2, -0.15) is 5.26 Å². The molecule has 0 aromatic carbocycles. The molecule has 19 heavy (non-hydrogen) atoms. The number of nitriles is 1. The lowest BCUT2D eigenvalue weighted by Crippen LogP contribution is -2.47. The molecule has 0 amide bonds. The first-order valence-electron chi connectivity index (χ1n) is 7.07. The molecule has 1 fully saturated rings. The molecule has 1 aromatic heterocycles. The molecule has 0 radical (unpaired) electrons. The summed E-state index contributed by atoms with van der Waals surface area (Å²) >= 11 is 0. The first kappa shape index (κ1) is 12.4. The van der Waals surface area contributed by atoms with E-state index < -0.39 is 0 Å². The number of likely N-dealkylation sites (tertiary alicyclic amines) is 1. The van der Waals surface area contributed by atoms with Gasteiger partial charge in [-0.25, -0.2) is 0 Å². The number of fused-ring (bicyclic) bond motifs is 4. The zero-order chi connectivity index (χ0) is 13.2. The van der Waals surface area contributed by atoms with Gasteiger partial charge in [0.1, 0.15) is 0 Å². The van der Waals surface area contributed by atoms with Gasteiger partial charge in [0.2, 0.25) is 0 Å². The Labute approximate surface area is 113 Å². The fourth-order valence-corrected chi connectivity index (χ4v) is 3.56. The highest BCUT2D eigenvalue weighted by Crippen LogP contribution is 2.34. The van der Waals surface area contributed by atoms with Crippen molar-refractivity contribution in [3.63, 3.8) is 0 Å². The Morgan fingerprint density at radius 2 is 2.21 bits per heavy atom. The SMILES string of the molecule is N#CCCCN1C[C@@H]2C[C@H](C1)c1cccc(=O)n1C2. The van der Waals surface area contributed by atoms with Crippen LogP contribution in [-0.4, -0.2) is 29.1 Å². The number of hydrogen-bond donors (Lipinski definition) is 0. The summed E-state index contributed by atoms with van der Waals surface area (Å²) in [6, 6.07) is 7.85. The average molecular weight is 257 g/mol. The van der Waals surface area contributed by atoms with E-state index in [9.17, 15) is 4.79 Å². The lowest BCUT2D eigenvalue weighted by atomic mass is 9.83. The van der Waals surface area contributed by atoms with Crippen LogP contribution in [0.4, 0.5) is 0 Å². The third kappa shape index (κ3) is 2.43. The predicted octanol–water partition coefficient (Wildman–Crippen LogP) is 1.57. The number of pyridine rings is 1. The van der Waals surface area contributed by atoms with Crippen molar-refractivity contribution >= 4 is 0 Å². The third-order valence-electron chi connectivity index (χ3n) is 4.32. The highest BCUT2D eigenvalue weighted by Gasteiger charge is 2.33. The molecule has 2 aliphatic heterocycles. The number of hydrogen-bond acceptors (Lipinski definition) is 3. The van der Waals surface area contributed by atoms with Crippen LogP contribution < -0.4 is 5.56 Å². The van der Waals surface area contributed by atoms with Gasteiger partial charge < -0.3 is 9.47 Å². The summed E-state index contributed by atoms with van der Waals surface area (Å²) in [4.78, 5) is 14.4. The lowest BCUT2D eigenvalue weighted by Gasteiger charge is -2.42. The fraction of sp³-hybridized carbons (Fsp3) is 0.600. The zero-order valence-corrected chi connectivity index (χ0v) is 11.1. The van der Waals surface area contributed by atoms with E-state index in [1.165, 1.54) is 12.1 Å². The Hall–Kier alpha value is -1.60. The van der Waals surface area contributed by atoms with E-state index in [1.807, 2.05) is 10.6 Å². The number of piperidine rings is 1. The summed E-state index contributed by atoms with van der Waals surface area (Å²) in [5, 5.41) is 8.61. The van der Waals surface area contributed by atoms with Crippen molar-refractivity contribution in [1.82, 2.24) is 9.47 Å². The summed E-state index contributed by atoms with van der Waals surface area (Å²) in [6.45, 7) is 3.98. The van der Waals surface area contributed by atoms with E-state index in [2.05, 4.69) is 17.0 Å². The Kier molecular flexibility index (Phi) is 3.39. The van der Waals surface area contributed by atoms with Crippen LogP contribution in [0.1, 0.15) is 30.9 Å². The van der Waals surface area contributed by atoms with E-state index in [4.69, 9.17) is 5.26 Å². The molecule has 3 rings (SSSR count). The van der Waals surface area contributed by atoms with Crippen LogP contribution in [0, 0.1) is 17.2 Å². The van der Waals surface area contributed by atoms with Gasteiger partial charge in [-0.3, -0.25) is 4.79 Å². The van der Waals surface area contributed by atoms with E-state index in [1.54, 1.807) is 6.07 Å². The van der Waals surface area contributed by atoms with Gasteiger partial charge in [0.25, 0.3) is 5.56 Å². The van der Waals surface area contributed by atoms with Crippen LogP contribution in [-0.2, 0) is 6.54 Å². The molecular weight excluding hydrogens is 238 g/mol. The quantitative estimate of drug-likeness (QED) is 0.772. The van der Waals surface area contributed by atoms with Gasteiger partial charge in [-0.15, -0.1) is 0 Å². The van der Waals surface area contributed by atoms with Gasteiger partial charge in [-0.05, 0) is 31.4 Å². The summed E-state index contributed by atoms with van der Waals surface area (Å²) in [7, 11) is 0. The second-order valence-corrected chi connectivity index (χ2v) is 5.72. The van der Waals surface area contributed by atoms with Crippen molar-refractivity contribution in [3.05, 3.63) is 34.2 Å². The number of rotatable bonds is 3. The maximum Gasteiger partial charge on any atom is 0.250 e. The van der Waals surface area contributed by atoms with Crippen LogP contribution in [0.2, 0.25) is 0 Å². The minimum absolute atomic E-state index is 0.144. The van der Waals surface area contributed by atoms with Crippen LogP contribution in [0.5, 0.6) is 0 Å². The fourth-order valence-electron chi connectivity index (χ4n) is 3.56. The van der Waals surface area contributed by atoms with Gasteiger partial charge in [-0.1, -0.05) is 6.07 Å². The van der Waals surface area contributed by atoms with Gasteiger partial charge in [0, 0.05) is 43.7 Å². The second kappa shape index (κ2) is 5.18.